The third-order valence-corrected chi connectivity index (χ3v) is 6.29. The first-order valence-electron chi connectivity index (χ1n) is 9.31. The maximum absolute atomic E-state index is 13.1. The molecule has 138 valence electrons. The van der Waals surface area contributed by atoms with Crippen molar-refractivity contribution in [1.29, 1.82) is 0 Å². The summed E-state index contributed by atoms with van der Waals surface area (Å²) in [5.41, 5.74) is 2.20. The molecular formula is C25H20O2S. The lowest BCUT2D eigenvalue weighted by molar-refractivity contribution is -0.115. The first-order chi connectivity index (χ1) is 13.7. The van der Waals surface area contributed by atoms with Crippen molar-refractivity contribution in [2.45, 2.75) is 23.2 Å². The second kappa shape index (κ2) is 7.99. The number of rotatable bonds is 6. The minimum atomic E-state index is -0.643. The number of carbonyl (C=O) groups excluding carboxylic acids is 2. The van der Waals surface area contributed by atoms with Crippen LogP contribution in [0.2, 0.25) is 0 Å². The highest BCUT2D eigenvalue weighted by Gasteiger charge is 2.46. The number of hydrogen-bond donors (Lipinski definition) is 0. The van der Waals surface area contributed by atoms with Crippen molar-refractivity contribution in [3.8, 4) is 0 Å². The zero-order valence-corrected chi connectivity index (χ0v) is 16.2. The molecule has 3 aromatic rings. The van der Waals surface area contributed by atoms with Crippen molar-refractivity contribution in [1.82, 2.24) is 0 Å². The molecule has 0 radical (unpaired) electrons. The lowest BCUT2D eigenvalue weighted by Crippen LogP contribution is -2.32. The van der Waals surface area contributed by atoms with Crippen molar-refractivity contribution in [3.63, 3.8) is 0 Å². The van der Waals surface area contributed by atoms with Crippen LogP contribution < -0.4 is 0 Å². The van der Waals surface area contributed by atoms with Gasteiger partial charge in [0.05, 0.1) is 5.41 Å². The van der Waals surface area contributed by atoms with E-state index in [-0.39, 0.29) is 10.9 Å². The molecule has 28 heavy (non-hydrogen) atoms. The van der Waals surface area contributed by atoms with E-state index in [1.807, 2.05) is 66.7 Å². The Bertz CT molecular complexity index is 1020. The largest absolute Gasteiger partial charge is 0.289 e. The average Bonchev–Trinajstić information content (AvgIpc) is 3.01. The molecule has 0 fully saturated rings. The van der Waals surface area contributed by atoms with Crippen LogP contribution in [-0.4, -0.2) is 10.9 Å². The number of thioether (sulfide) groups is 1. The van der Waals surface area contributed by atoms with Crippen molar-refractivity contribution in [3.05, 3.63) is 114 Å². The van der Waals surface area contributed by atoms with Gasteiger partial charge in [0.2, 0.25) is 5.12 Å². The van der Waals surface area contributed by atoms with Crippen molar-refractivity contribution in [2.75, 3.05) is 0 Å². The van der Waals surface area contributed by atoms with E-state index in [4.69, 9.17) is 0 Å². The van der Waals surface area contributed by atoms with Gasteiger partial charge in [0.15, 0.2) is 5.78 Å². The van der Waals surface area contributed by atoms with Gasteiger partial charge in [-0.1, -0.05) is 96.7 Å². The summed E-state index contributed by atoms with van der Waals surface area (Å²) in [4.78, 5) is 26.6. The molecule has 0 amide bonds. The van der Waals surface area contributed by atoms with E-state index in [1.54, 1.807) is 18.2 Å². The van der Waals surface area contributed by atoms with Crippen molar-refractivity contribution in [2.24, 2.45) is 0 Å². The van der Waals surface area contributed by atoms with E-state index >= 15 is 0 Å². The third kappa shape index (κ3) is 3.58. The molecule has 1 aliphatic heterocycles. The summed E-state index contributed by atoms with van der Waals surface area (Å²) in [6, 6.07) is 27.3. The zero-order valence-electron chi connectivity index (χ0n) is 15.4. The Labute approximate surface area is 169 Å². The maximum atomic E-state index is 13.1. The molecule has 3 heteroatoms. The molecule has 4 rings (SSSR count). The van der Waals surface area contributed by atoms with E-state index in [1.165, 1.54) is 11.8 Å². The molecule has 2 nitrogen and oxygen atoms in total. The number of fused-ring (bicyclic) bond motifs is 1. The van der Waals surface area contributed by atoms with Crippen LogP contribution in [0.4, 0.5) is 0 Å². The second-order valence-electron chi connectivity index (χ2n) is 6.97. The number of carbonyl (C=O) groups is 2. The number of ketones is 1. The smallest absolute Gasteiger partial charge is 0.204 e. The van der Waals surface area contributed by atoms with Gasteiger partial charge in [0.1, 0.15) is 0 Å². The lowest BCUT2D eigenvalue weighted by atomic mass is 9.74. The molecule has 0 bridgehead atoms. The Morgan fingerprint density at radius 2 is 1.50 bits per heavy atom. The molecule has 0 N–H and O–H groups in total. The Morgan fingerprint density at radius 3 is 2.25 bits per heavy atom. The first-order valence-corrected chi connectivity index (χ1v) is 10.1. The summed E-state index contributed by atoms with van der Waals surface area (Å²) in [5, 5.41) is 0.148. The first kappa shape index (κ1) is 18.5. The highest BCUT2D eigenvalue weighted by molar-refractivity contribution is 8.14. The summed E-state index contributed by atoms with van der Waals surface area (Å²) in [7, 11) is 0. The van der Waals surface area contributed by atoms with Crippen LogP contribution in [0.5, 0.6) is 0 Å². The molecule has 0 spiro atoms. The van der Waals surface area contributed by atoms with Gasteiger partial charge in [-0.3, -0.25) is 9.59 Å². The molecule has 3 aromatic carbocycles. The van der Waals surface area contributed by atoms with Crippen LogP contribution in [-0.2, 0) is 16.6 Å². The normalized spacial score (nSPS) is 18.4. The van der Waals surface area contributed by atoms with E-state index in [0.717, 1.165) is 16.0 Å². The standard InChI is InChI=1S/C25H20O2S/c26-22(20-12-5-2-6-13-20)15-9-17-25(18-19-10-3-1-4-11-19)21-14-7-8-16-23(21)28-24(25)27/h1-16H,17-18H2/b15-9+/t25-/m0/s1. The third-order valence-electron chi connectivity index (χ3n) is 5.14. The monoisotopic (exact) mass is 384 g/mol. The number of benzene rings is 3. The summed E-state index contributed by atoms with van der Waals surface area (Å²) in [6.07, 6.45) is 4.59. The van der Waals surface area contributed by atoms with Gasteiger partial charge in [-0.25, -0.2) is 0 Å². The van der Waals surface area contributed by atoms with Crippen LogP contribution in [0, 0.1) is 0 Å². The Morgan fingerprint density at radius 1 is 0.857 bits per heavy atom. The predicted octanol–water partition coefficient (Wildman–Crippen LogP) is 5.63. The van der Waals surface area contributed by atoms with Gasteiger partial charge < -0.3 is 0 Å². The fourth-order valence-electron chi connectivity index (χ4n) is 3.70. The summed E-state index contributed by atoms with van der Waals surface area (Å²) in [6.45, 7) is 0. The van der Waals surface area contributed by atoms with Gasteiger partial charge in [0, 0.05) is 10.5 Å². The van der Waals surface area contributed by atoms with Crippen LogP contribution in [0.25, 0.3) is 0 Å². The van der Waals surface area contributed by atoms with Crippen LogP contribution in [0.15, 0.2) is 102 Å². The van der Waals surface area contributed by atoms with Gasteiger partial charge in [-0.05, 0) is 36.1 Å². The molecule has 1 aliphatic rings. The van der Waals surface area contributed by atoms with Crippen molar-refractivity contribution < 1.29 is 9.59 Å². The minimum absolute atomic E-state index is 0.0400. The number of allylic oxidation sites excluding steroid dienone is 2. The van der Waals surface area contributed by atoms with Crippen LogP contribution in [0.1, 0.15) is 27.9 Å². The Kier molecular flexibility index (Phi) is 5.27. The summed E-state index contributed by atoms with van der Waals surface area (Å²) >= 11 is 1.31. The van der Waals surface area contributed by atoms with Gasteiger partial charge in [0.25, 0.3) is 0 Å². The molecular weight excluding hydrogens is 364 g/mol. The Hall–Kier alpha value is -2.91. The highest BCUT2D eigenvalue weighted by Crippen LogP contribution is 2.49. The molecule has 0 aliphatic carbocycles. The molecule has 0 unspecified atom stereocenters. The van der Waals surface area contributed by atoms with E-state index in [0.29, 0.717) is 18.4 Å². The predicted molar refractivity (Wildman–Crippen MR) is 114 cm³/mol. The van der Waals surface area contributed by atoms with E-state index < -0.39 is 5.41 Å². The molecule has 0 saturated carbocycles. The molecule has 1 atom stereocenters. The van der Waals surface area contributed by atoms with E-state index in [9.17, 15) is 9.59 Å². The van der Waals surface area contributed by atoms with Gasteiger partial charge in [-0.2, -0.15) is 0 Å². The Balaban J connectivity index is 1.66. The molecule has 0 saturated heterocycles. The fourth-order valence-corrected chi connectivity index (χ4v) is 4.88. The van der Waals surface area contributed by atoms with Crippen LogP contribution >= 0.6 is 11.8 Å². The molecule has 1 heterocycles. The topological polar surface area (TPSA) is 34.1 Å². The highest BCUT2D eigenvalue weighted by atomic mass is 32.2. The second-order valence-corrected chi connectivity index (χ2v) is 7.98. The summed E-state index contributed by atoms with van der Waals surface area (Å²) in [5.74, 6) is -0.0400. The maximum Gasteiger partial charge on any atom is 0.204 e. The number of hydrogen-bond acceptors (Lipinski definition) is 3. The quantitative estimate of drug-likeness (QED) is 0.408. The SMILES string of the molecule is O=C(/C=C/C[C@@]1(Cc2ccccc2)C(=O)Sc2ccccc21)c1ccccc1. The van der Waals surface area contributed by atoms with Crippen molar-refractivity contribution >= 4 is 22.7 Å². The van der Waals surface area contributed by atoms with E-state index in [2.05, 4.69) is 12.1 Å². The summed E-state index contributed by atoms with van der Waals surface area (Å²) < 4.78 is 0. The molecule has 0 aromatic heterocycles. The lowest BCUT2D eigenvalue weighted by Gasteiger charge is -2.27. The zero-order chi connectivity index (χ0) is 19.4. The van der Waals surface area contributed by atoms with Crippen LogP contribution in [0.3, 0.4) is 0 Å². The average molecular weight is 385 g/mol. The van der Waals surface area contributed by atoms with Gasteiger partial charge >= 0.3 is 0 Å². The minimum Gasteiger partial charge on any atom is -0.289 e. The fraction of sp³-hybridized carbons (Fsp3) is 0.120. The van der Waals surface area contributed by atoms with Gasteiger partial charge in [-0.15, -0.1) is 0 Å².